The molecule has 22 heavy (non-hydrogen) atoms. The number of hydrogen-bond acceptors (Lipinski definition) is 2. The Balaban J connectivity index is 1.86. The van der Waals surface area contributed by atoms with Gasteiger partial charge in [0.05, 0.1) is 11.1 Å². The summed E-state index contributed by atoms with van der Waals surface area (Å²) in [5, 5.41) is 6.53. The van der Waals surface area contributed by atoms with Gasteiger partial charge in [0.2, 0.25) is 5.91 Å². The topological polar surface area (TPSA) is 41.1 Å². The van der Waals surface area contributed by atoms with Crippen LogP contribution in [0.15, 0.2) is 12.1 Å². The fourth-order valence-electron chi connectivity index (χ4n) is 2.77. The highest BCUT2D eigenvalue weighted by Crippen LogP contribution is 2.28. The molecule has 2 rings (SSSR count). The Bertz CT molecular complexity index is 533. The smallest absolute Gasteiger partial charge is 0.220 e. The molecule has 1 amide bonds. The van der Waals surface area contributed by atoms with Gasteiger partial charge in [-0.1, -0.05) is 23.2 Å². The molecule has 0 spiro atoms. The van der Waals surface area contributed by atoms with Gasteiger partial charge in [-0.15, -0.1) is 0 Å². The summed E-state index contributed by atoms with van der Waals surface area (Å²) < 4.78 is 13.5. The molecular weight excluding hydrogens is 326 g/mol. The molecule has 2 N–H and O–H groups in total. The van der Waals surface area contributed by atoms with E-state index < -0.39 is 5.82 Å². The Morgan fingerprint density at radius 2 is 2.05 bits per heavy atom. The third-order valence-corrected chi connectivity index (χ3v) is 4.74. The zero-order chi connectivity index (χ0) is 16.1. The van der Waals surface area contributed by atoms with Gasteiger partial charge in [-0.25, -0.2) is 4.39 Å². The minimum absolute atomic E-state index is 0.0156. The second kappa shape index (κ2) is 8.14. The summed E-state index contributed by atoms with van der Waals surface area (Å²) in [6.07, 6.45) is 3.62. The highest BCUT2D eigenvalue weighted by molar-refractivity contribution is 6.35. The molecule has 1 aromatic carbocycles. The largest absolute Gasteiger partial charge is 0.350 e. The van der Waals surface area contributed by atoms with E-state index in [1.165, 1.54) is 12.1 Å². The quantitative estimate of drug-likeness (QED) is 0.788. The van der Waals surface area contributed by atoms with E-state index in [0.29, 0.717) is 22.9 Å². The Labute approximate surface area is 140 Å². The molecule has 1 aliphatic rings. The number of rotatable bonds is 5. The van der Waals surface area contributed by atoms with Crippen LogP contribution in [0.5, 0.6) is 0 Å². The lowest BCUT2D eigenvalue weighted by molar-refractivity contribution is -0.122. The van der Waals surface area contributed by atoms with Crippen LogP contribution < -0.4 is 10.6 Å². The van der Waals surface area contributed by atoms with Crippen LogP contribution in [-0.2, 0) is 4.79 Å². The van der Waals surface area contributed by atoms with E-state index in [2.05, 4.69) is 10.6 Å². The van der Waals surface area contributed by atoms with Crippen molar-refractivity contribution < 1.29 is 9.18 Å². The lowest BCUT2D eigenvalue weighted by atomic mass is 9.93. The van der Waals surface area contributed by atoms with Crippen molar-refractivity contribution in [2.75, 3.05) is 13.1 Å². The van der Waals surface area contributed by atoms with Crippen molar-refractivity contribution in [3.63, 3.8) is 0 Å². The fourth-order valence-corrected chi connectivity index (χ4v) is 3.31. The molecule has 6 heteroatoms. The molecule has 122 valence electrons. The standard InChI is InChI=1S/C16H21Cl2FN2O/c1-10(12-8-15(19)14(18)9-13(12)17)21-16(22)3-2-11-4-6-20-7-5-11/h8-11,20H,2-7H2,1H3,(H,21,22). The molecule has 1 saturated heterocycles. The first-order valence-electron chi connectivity index (χ1n) is 7.62. The number of carbonyl (C=O) groups is 1. The second-order valence-electron chi connectivity index (χ2n) is 5.81. The lowest BCUT2D eigenvalue weighted by Crippen LogP contribution is -2.30. The number of piperidine rings is 1. The zero-order valence-electron chi connectivity index (χ0n) is 12.6. The van der Waals surface area contributed by atoms with Crippen molar-refractivity contribution in [2.24, 2.45) is 5.92 Å². The van der Waals surface area contributed by atoms with Crippen molar-refractivity contribution >= 4 is 29.1 Å². The number of hydrogen-bond donors (Lipinski definition) is 2. The molecule has 1 heterocycles. The van der Waals surface area contributed by atoms with Crippen molar-refractivity contribution in [3.05, 3.63) is 33.6 Å². The van der Waals surface area contributed by atoms with E-state index in [1.807, 2.05) is 0 Å². The maximum atomic E-state index is 13.5. The fraction of sp³-hybridized carbons (Fsp3) is 0.562. The predicted molar refractivity (Wildman–Crippen MR) is 87.8 cm³/mol. The Morgan fingerprint density at radius 1 is 1.36 bits per heavy atom. The third kappa shape index (κ3) is 4.83. The number of nitrogens with one attached hydrogen (secondary N) is 2. The minimum atomic E-state index is -0.531. The van der Waals surface area contributed by atoms with Gasteiger partial charge in [-0.3, -0.25) is 4.79 Å². The summed E-state index contributed by atoms with van der Waals surface area (Å²) in [7, 11) is 0. The second-order valence-corrected chi connectivity index (χ2v) is 6.62. The van der Waals surface area contributed by atoms with E-state index in [4.69, 9.17) is 23.2 Å². The summed E-state index contributed by atoms with van der Waals surface area (Å²) in [5.41, 5.74) is 0.541. The molecule has 1 unspecified atom stereocenters. The number of benzene rings is 1. The lowest BCUT2D eigenvalue weighted by Gasteiger charge is -2.22. The van der Waals surface area contributed by atoms with Crippen molar-refractivity contribution in [1.82, 2.24) is 10.6 Å². The van der Waals surface area contributed by atoms with Crippen LogP contribution in [0.1, 0.15) is 44.2 Å². The van der Waals surface area contributed by atoms with Crippen LogP contribution in [0.4, 0.5) is 4.39 Å². The molecule has 0 aromatic heterocycles. The van der Waals surface area contributed by atoms with Gasteiger partial charge in [0.15, 0.2) is 0 Å². The average Bonchev–Trinajstić information content (AvgIpc) is 2.50. The molecule has 3 nitrogen and oxygen atoms in total. The molecule has 0 aliphatic carbocycles. The van der Waals surface area contributed by atoms with Crippen LogP contribution in [0.25, 0.3) is 0 Å². The first-order chi connectivity index (χ1) is 10.5. The van der Waals surface area contributed by atoms with Crippen molar-refractivity contribution in [1.29, 1.82) is 0 Å². The summed E-state index contributed by atoms with van der Waals surface area (Å²) in [6.45, 7) is 3.85. The van der Waals surface area contributed by atoms with Crippen LogP contribution in [0.2, 0.25) is 10.0 Å². The van der Waals surface area contributed by atoms with E-state index >= 15 is 0 Å². The van der Waals surface area contributed by atoms with Crippen LogP contribution in [0.3, 0.4) is 0 Å². The van der Waals surface area contributed by atoms with Gasteiger partial charge in [-0.05, 0) is 62.9 Å². The summed E-state index contributed by atoms with van der Waals surface area (Å²) >= 11 is 11.7. The monoisotopic (exact) mass is 346 g/mol. The van der Waals surface area contributed by atoms with Gasteiger partial charge < -0.3 is 10.6 Å². The highest BCUT2D eigenvalue weighted by atomic mass is 35.5. The Kier molecular flexibility index (Phi) is 6.48. The predicted octanol–water partition coefficient (Wildman–Crippen LogP) is 4.09. The van der Waals surface area contributed by atoms with E-state index in [1.54, 1.807) is 6.92 Å². The van der Waals surface area contributed by atoms with E-state index in [9.17, 15) is 9.18 Å². The number of carbonyl (C=O) groups excluding carboxylic acids is 1. The summed E-state index contributed by atoms with van der Waals surface area (Å²) in [5.74, 6) is 0.0493. The van der Waals surface area contributed by atoms with Crippen LogP contribution in [-0.4, -0.2) is 19.0 Å². The molecular formula is C16H21Cl2FN2O. The Hall–Kier alpha value is -0.840. The van der Waals surface area contributed by atoms with Crippen molar-refractivity contribution in [2.45, 2.75) is 38.6 Å². The number of amides is 1. The summed E-state index contributed by atoms with van der Waals surface area (Å²) in [6, 6.07) is 2.30. The maximum Gasteiger partial charge on any atom is 0.220 e. The summed E-state index contributed by atoms with van der Waals surface area (Å²) in [4.78, 5) is 12.0. The normalized spacial score (nSPS) is 17.3. The number of halogens is 3. The molecule has 0 saturated carbocycles. The molecule has 1 aliphatic heterocycles. The molecule has 1 fully saturated rings. The zero-order valence-corrected chi connectivity index (χ0v) is 14.1. The minimum Gasteiger partial charge on any atom is -0.350 e. The molecule has 0 radical (unpaired) electrons. The molecule has 0 bridgehead atoms. The van der Waals surface area contributed by atoms with Gasteiger partial charge in [0.25, 0.3) is 0 Å². The van der Waals surface area contributed by atoms with E-state index in [-0.39, 0.29) is 17.0 Å². The maximum absolute atomic E-state index is 13.5. The first-order valence-corrected chi connectivity index (χ1v) is 8.37. The first kappa shape index (κ1) is 17.5. The average molecular weight is 347 g/mol. The van der Waals surface area contributed by atoms with Gasteiger partial charge in [0, 0.05) is 11.4 Å². The Morgan fingerprint density at radius 3 is 2.73 bits per heavy atom. The van der Waals surface area contributed by atoms with Gasteiger partial charge >= 0.3 is 0 Å². The van der Waals surface area contributed by atoms with Crippen molar-refractivity contribution in [3.8, 4) is 0 Å². The van der Waals surface area contributed by atoms with E-state index in [0.717, 1.165) is 32.4 Å². The van der Waals surface area contributed by atoms with Gasteiger partial charge in [0.1, 0.15) is 5.82 Å². The molecule has 1 atom stereocenters. The van der Waals surface area contributed by atoms with Crippen LogP contribution in [0, 0.1) is 11.7 Å². The SMILES string of the molecule is CC(NC(=O)CCC1CCNCC1)c1cc(F)c(Cl)cc1Cl. The highest BCUT2D eigenvalue weighted by Gasteiger charge is 2.18. The van der Waals surface area contributed by atoms with Gasteiger partial charge in [-0.2, -0.15) is 0 Å². The molecule has 1 aromatic rings. The van der Waals surface area contributed by atoms with Crippen LogP contribution >= 0.6 is 23.2 Å². The third-order valence-electron chi connectivity index (χ3n) is 4.12.